The Hall–Kier alpha value is -1.44. The normalized spacial score (nSPS) is 19.0. The van der Waals surface area contributed by atoms with Gasteiger partial charge in [-0.15, -0.1) is 0 Å². The summed E-state index contributed by atoms with van der Waals surface area (Å²) in [6.07, 6.45) is 0.991. The van der Waals surface area contributed by atoms with Gasteiger partial charge in [-0.3, -0.25) is 4.79 Å². The van der Waals surface area contributed by atoms with Crippen molar-refractivity contribution in [2.75, 3.05) is 18.1 Å². The van der Waals surface area contributed by atoms with Crippen LogP contribution >= 0.6 is 11.8 Å². The highest BCUT2D eigenvalue weighted by Crippen LogP contribution is 2.24. The molecule has 1 aliphatic rings. The van der Waals surface area contributed by atoms with Gasteiger partial charge < -0.3 is 11.1 Å². The number of thioether (sulfide) groups is 1. The molecule has 4 heteroatoms. The highest BCUT2D eigenvalue weighted by molar-refractivity contribution is 7.99. The maximum absolute atomic E-state index is 12.1. The third kappa shape index (κ3) is 4.03. The first-order valence-electron chi connectivity index (χ1n) is 6.87. The lowest BCUT2D eigenvalue weighted by atomic mass is 10.0. The quantitative estimate of drug-likeness (QED) is 0.836. The van der Waals surface area contributed by atoms with E-state index in [-0.39, 0.29) is 17.9 Å². The minimum absolute atomic E-state index is 0.00715. The van der Waals surface area contributed by atoms with Crippen LogP contribution in [-0.2, 0) is 4.79 Å². The highest BCUT2D eigenvalue weighted by Gasteiger charge is 2.24. The molecular weight excluding hydrogens is 268 g/mol. The van der Waals surface area contributed by atoms with Crippen molar-refractivity contribution in [2.24, 2.45) is 11.7 Å². The minimum Gasteiger partial charge on any atom is -0.349 e. The van der Waals surface area contributed by atoms with E-state index in [2.05, 4.69) is 17.2 Å². The maximum Gasteiger partial charge on any atom is 0.224 e. The number of rotatable bonds is 3. The third-order valence-corrected chi connectivity index (χ3v) is 4.54. The standard InChI is InChI=1S/C16H20N2OS/c1-12(18-16(19)15-7-9-20-11-15)14-6-2-4-13(10-14)5-3-8-17/h2,4,6,10,12,15H,7-9,11,17H2,1H3,(H,18,19). The van der Waals surface area contributed by atoms with Crippen molar-refractivity contribution >= 4 is 17.7 Å². The summed E-state index contributed by atoms with van der Waals surface area (Å²) in [4.78, 5) is 12.1. The second-order valence-electron chi connectivity index (χ2n) is 4.92. The van der Waals surface area contributed by atoms with Gasteiger partial charge in [0.25, 0.3) is 0 Å². The number of carbonyl (C=O) groups excluding carboxylic acids is 1. The van der Waals surface area contributed by atoms with Crippen molar-refractivity contribution in [1.29, 1.82) is 0 Å². The van der Waals surface area contributed by atoms with Crippen LogP contribution in [0.15, 0.2) is 24.3 Å². The topological polar surface area (TPSA) is 55.1 Å². The molecule has 1 aromatic rings. The first-order chi connectivity index (χ1) is 9.70. The number of benzene rings is 1. The summed E-state index contributed by atoms with van der Waals surface area (Å²) in [5.74, 6) is 8.24. The van der Waals surface area contributed by atoms with Gasteiger partial charge in [-0.05, 0) is 36.8 Å². The van der Waals surface area contributed by atoms with Crippen molar-refractivity contribution in [3.63, 3.8) is 0 Å². The molecule has 2 atom stereocenters. The van der Waals surface area contributed by atoms with Crippen LogP contribution in [0.1, 0.15) is 30.5 Å². The van der Waals surface area contributed by atoms with Crippen molar-refractivity contribution in [2.45, 2.75) is 19.4 Å². The van der Waals surface area contributed by atoms with Gasteiger partial charge in [-0.25, -0.2) is 0 Å². The van der Waals surface area contributed by atoms with Crippen LogP contribution in [-0.4, -0.2) is 24.0 Å². The molecule has 1 aliphatic heterocycles. The fraction of sp³-hybridized carbons (Fsp3) is 0.438. The molecule has 0 aromatic heterocycles. The summed E-state index contributed by atoms with van der Waals surface area (Å²) < 4.78 is 0. The molecule has 3 N–H and O–H groups in total. The van der Waals surface area contributed by atoms with Gasteiger partial charge in [0.05, 0.1) is 12.6 Å². The lowest BCUT2D eigenvalue weighted by molar-refractivity contribution is -0.124. The lowest BCUT2D eigenvalue weighted by Crippen LogP contribution is -2.32. The zero-order valence-corrected chi connectivity index (χ0v) is 12.5. The van der Waals surface area contributed by atoms with E-state index in [0.29, 0.717) is 6.54 Å². The van der Waals surface area contributed by atoms with Gasteiger partial charge >= 0.3 is 0 Å². The summed E-state index contributed by atoms with van der Waals surface area (Å²) in [6.45, 7) is 2.37. The predicted octanol–water partition coefficient (Wildman–Crippen LogP) is 1.93. The molecule has 20 heavy (non-hydrogen) atoms. The number of nitrogens with one attached hydrogen (secondary N) is 1. The average Bonchev–Trinajstić information content (AvgIpc) is 2.99. The zero-order chi connectivity index (χ0) is 14.4. The molecule has 106 valence electrons. The van der Waals surface area contributed by atoms with Gasteiger partial charge in [-0.1, -0.05) is 24.0 Å². The van der Waals surface area contributed by atoms with E-state index in [1.54, 1.807) is 0 Å². The molecular formula is C16H20N2OS. The predicted molar refractivity (Wildman–Crippen MR) is 84.4 cm³/mol. The molecule has 0 saturated carbocycles. The van der Waals surface area contributed by atoms with E-state index in [1.165, 1.54) is 0 Å². The summed E-state index contributed by atoms with van der Waals surface area (Å²) in [5, 5.41) is 3.10. The molecule has 0 aliphatic carbocycles. The van der Waals surface area contributed by atoms with Crippen LogP contribution < -0.4 is 11.1 Å². The fourth-order valence-corrected chi connectivity index (χ4v) is 3.42. The van der Waals surface area contributed by atoms with E-state index < -0.39 is 0 Å². The molecule has 1 aromatic carbocycles. The molecule has 2 rings (SSSR count). The molecule has 0 bridgehead atoms. The van der Waals surface area contributed by atoms with Crippen LogP contribution in [0.2, 0.25) is 0 Å². The van der Waals surface area contributed by atoms with Crippen LogP contribution in [0.3, 0.4) is 0 Å². The fourth-order valence-electron chi connectivity index (χ4n) is 2.19. The van der Waals surface area contributed by atoms with Crippen molar-refractivity contribution < 1.29 is 4.79 Å². The molecule has 1 fully saturated rings. The van der Waals surface area contributed by atoms with E-state index in [0.717, 1.165) is 29.1 Å². The SMILES string of the molecule is CC(NC(=O)C1CCSC1)c1cccc(C#CCN)c1. The zero-order valence-electron chi connectivity index (χ0n) is 11.7. The summed E-state index contributed by atoms with van der Waals surface area (Å²) in [5.41, 5.74) is 7.39. The molecule has 1 saturated heterocycles. The van der Waals surface area contributed by atoms with E-state index in [4.69, 9.17) is 5.73 Å². The Balaban J connectivity index is 2.01. The van der Waals surface area contributed by atoms with E-state index >= 15 is 0 Å². The minimum atomic E-state index is 0.00715. The van der Waals surface area contributed by atoms with Crippen LogP contribution in [0.25, 0.3) is 0 Å². The largest absolute Gasteiger partial charge is 0.349 e. The molecule has 1 amide bonds. The Kier molecular flexibility index (Phi) is 5.51. The van der Waals surface area contributed by atoms with Crippen molar-refractivity contribution in [3.05, 3.63) is 35.4 Å². The number of nitrogens with two attached hydrogens (primary N) is 1. The molecule has 3 nitrogen and oxygen atoms in total. The Bertz CT molecular complexity index is 527. The Morgan fingerprint density at radius 2 is 2.45 bits per heavy atom. The van der Waals surface area contributed by atoms with Crippen LogP contribution in [0.4, 0.5) is 0 Å². The Labute approximate surface area is 124 Å². The second kappa shape index (κ2) is 7.37. The van der Waals surface area contributed by atoms with Gasteiger partial charge in [0.1, 0.15) is 0 Å². The first-order valence-corrected chi connectivity index (χ1v) is 8.03. The number of carbonyl (C=O) groups is 1. The van der Waals surface area contributed by atoms with Crippen molar-refractivity contribution in [1.82, 2.24) is 5.32 Å². The van der Waals surface area contributed by atoms with Crippen LogP contribution in [0, 0.1) is 17.8 Å². The summed E-state index contributed by atoms with van der Waals surface area (Å²) in [7, 11) is 0. The maximum atomic E-state index is 12.1. The van der Waals surface area contributed by atoms with Gasteiger partial charge in [0.15, 0.2) is 0 Å². The Morgan fingerprint density at radius 1 is 1.60 bits per heavy atom. The van der Waals surface area contributed by atoms with Crippen molar-refractivity contribution in [3.8, 4) is 11.8 Å². The highest BCUT2D eigenvalue weighted by atomic mass is 32.2. The average molecular weight is 288 g/mol. The van der Waals surface area contributed by atoms with Gasteiger partial charge in [-0.2, -0.15) is 11.8 Å². The molecule has 2 unspecified atom stereocenters. The van der Waals surface area contributed by atoms with Crippen LogP contribution in [0.5, 0.6) is 0 Å². The number of hydrogen-bond donors (Lipinski definition) is 2. The summed E-state index contributed by atoms with van der Waals surface area (Å²) in [6, 6.07) is 7.95. The molecule has 1 heterocycles. The third-order valence-electron chi connectivity index (χ3n) is 3.38. The van der Waals surface area contributed by atoms with Gasteiger partial charge in [0.2, 0.25) is 5.91 Å². The monoisotopic (exact) mass is 288 g/mol. The lowest BCUT2D eigenvalue weighted by Gasteiger charge is -2.17. The smallest absolute Gasteiger partial charge is 0.224 e. The van der Waals surface area contributed by atoms with Gasteiger partial charge in [0, 0.05) is 17.2 Å². The second-order valence-corrected chi connectivity index (χ2v) is 6.07. The Morgan fingerprint density at radius 3 is 3.15 bits per heavy atom. The van der Waals surface area contributed by atoms with E-state index in [1.807, 2.05) is 43.0 Å². The number of amides is 1. The summed E-state index contributed by atoms with van der Waals surface area (Å²) >= 11 is 1.85. The van der Waals surface area contributed by atoms with E-state index in [9.17, 15) is 4.79 Å². The molecule has 0 radical (unpaired) electrons. The molecule has 0 spiro atoms. The first kappa shape index (κ1) is 15.0. The number of hydrogen-bond acceptors (Lipinski definition) is 3.